The Labute approximate surface area is 184 Å². The van der Waals surface area contributed by atoms with Crippen molar-refractivity contribution in [3.8, 4) is 22.5 Å². The molecule has 32 heavy (non-hydrogen) atoms. The zero-order valence-corrected chi connectivity index (χ0v) is 16.8. The molecule has 4 rings (SSSR count). The van der Waals surface area contributed by atoms with Crippen molar-refractivity contribution in [3.63, 3.8) is 0 Å². The summed E-state index contributed by atoms with van der Waals surface area (Å²) in [6.45, 7) is 0. The molecule has 0 N–H and O–H groups in total. The van der Waals surface area contributed by atoms with Crippen LogP contribution in [-0.2, 0) is 0 Å². The van der Waals surface area contributed by atoms with Crippen molar-refractivity contribution in [1.29, 1.82) is 0 Å². The van der Waals surface area contributed by atoms with Crippen LogP contribution in [0.5, 0.6) is 0 Å². The van der Waals surface area contributed by atoms with Crippen molar-refractivity contribution in [2.24, 2.45) is 0 Å². The average Bonchev–Trinajstić information content (AvgIpc) is 2.80. The van der Waals surface area contributed by atoms with Crippen molar-refractivity contribution >= 4 is 14.9 Å². The second-order valence-corrected chi connectivity index (χ2v) is 6.18. The van der Waals surface area contributed by atoms with Gasteiger partial charge in [-0.25, -0.2) is 0 Å². The molecular formula is C22H18B2F4N2O2. The molecule has 4 aromatic rings. The standard InChI is InChI=1S/C22H18N2.2BF2O/c1-3-7-21(8-4-1)23-15-11-19(12-16-23)20-13-17-24(18-14-20)22-9-5-2-6-10-22;2*2-1(3)4/h1-18H;;/q+2;2*-1. The van der Waals surface area contributed by atoms with Crippen LogP contribution in [0.3, 0.4) is 0 Å². The third-order valence-electron chi connectivity index (χ3n) is 4.10. The first-order valence-electron chi connectivity index (χ1n) is 9.38. The molecular weight excluding hydrogens is 422 g/mol. The van der Waals surface area contributed by atoms with Crippen LogP contribution >= 0.6 is 0 Å². The number of rotatable bonds is 3. The number of benzene rings is 2. The fourth-order valence-electron chi connectivity index (χ4n) is 2.78. The second kappa shape index (κ2) is 13.0. The van der Waals surface area contributed by atoms with Gasteiger partial charge in [-0.3, -0.25) is 0 Å². The van der Waals surface area contributed by atoms with Gasteiger partial charge in [-0.1, -0.05) is 36.4 Å². The van der Waals surface area contributed by atoms with Gasteiger partial charge >= 0.3 is 14.9 Å². The first kappa shape index (κ1) is 24.8. The summed E-state index contributed by atoms with van der Waals surface area (Å²) < 4.78 is 43.4. The lowest BCUT2D eigenvalue weighted by Gasteiger charge is -2.01. The summed E-state index contributed by atoms with van der Waals surface area (Å²) >= 11 is 0. The lowest BCUT2D eigenvalue weighted by Crippen LogP contribution is -2.29. The van der Waals surface area contributed by atoms with E-state index in [1.165, 1.54) is 22.5 Å². The minimum Gasteiger partial charge on any atom is -0.824 e. The van der Waals surface area contributed by atoms with Crippen molar-refractivity contribution in [2.75, 3.05) is 0 Å². The van der Waals surface area contributed by atoms with Crippen LogP contribution in [0.25, 0.3) is 22.5 Å². The van der Waals surface area contributed by atoms with Crippen molar-refractivity contribution in [1.82, 2.24) is 0 Å². The van der Waals surface area contributed by atoms with Crippen LogP contribution in [-0.4, -0.2) is 14.9 Å². The normalized spacial score (nSPS) is 9.56. The summed E-state index contributed by atoms with van der Waals surface area (Å²) in [5.74, 6) is 0. The van der Waals surface area contributed by atoms with E-state index in [1.54, 1.807) is 0 Å². The summed E-state index contributed by atoms with van der Waals surface area (Å²) in [6.07, 6.45) is 8.40. The molecule has 0 saturated heterocycles. The van der Waals surface area contributed by atoms with E-state index in [0.29, 0.717) is 0 Å². The van der Waals surface area contributed by atoms with Crippen molar-refractivity contribution < 1.29 is 36.4 Å². The van der Waals surface area contributed by atoms with E-state index in [4.69, 9.17) is 10.0 Å². The number of hydrogen-bond acceptors (Lipinski definition) is 2. The van der Waals surface area contributed by atoms with Gasteiger partial charge in [0.25, 0.3) is 0 Å². The Morgan fingerprint density at radius 3 is 0.969 bits per heavy atom. The SMILES string of the molecule is [O-]B(F)F.[O-]B(F)F.c1ccc(-[n+]2ccc(-c3cc[n+](-c4ccccc4)cc3)cc2)cc1. The first-order chi connectivity index (χ1) is 15.4. The fraction of sp³-hybridized carbons (Fsp3) is 0. The molecule has 0 amide bonds. The Morgan fingerprint density at radius 1 is 0.469 bits per heavy atom. The maximum absolute atomic E-state index is 9.78. The molecule has 0 saturated carbocycles. The topological polar surface area (TPSA) is 53.9 Å². The van der Waals surface area contributed by atoms with Gasteiger partial charge in [0.15, 0.2) is 24.8 Å². The van der Waals surface area contributed by atoms with E-state index < -0.39 is 14.9 Å². The minimum absolute atomic E-state index is 1.17. The Balaban J connectivity index is 0.000000395. The maximum Gasteiger partial charge on any atom is 0.447 e. The summed E-state index contributed by atoms with van der Waals surface area (Å²) in [5.41, 5.74) is 4.75. The molecule has 162 valence electrons. The molecule has 0 aliphatic carbocycles. The lowest BCUT2D eigenvalue weighted by atomic mass is 10.1. The van der Waals surface area contributed by atoms with Gasteiger partial charge in [-0.05, 0) is 11.1 Å². The predicted molar refractivity (Wildman–Crippen MR) is 111 cm³/mol. The Hall–Kier alpha value is -3.49. The highest BCUT2D eigenvalue weighted by Crippen LogP contribution is 2.16. The van der Waals surface area contributed by atoms with E-state index in [-0.39, 0.29) is 0 Å². The van der Waals surface area contributed by atoms with Gasteiger partial charge in [-0.2, -0.15) is 9.13 Å². The Bertz CT molecular complexity index is 948. The number of aromatic nitrogens is 2. The molecule has 4 nitrogen and oxygen atoms in total. The quantitative estimate of drug-likeness (QED) is 0.280. The molecule has 10 heteroatoms. The largest absolute Gasteiger partial charge is 0.824 e. The highest BCUT2D eigenvalue weighted by atomic mass is 19.2. The van der Waals surface area contributed by atoms with Crippen LogP contribution in [0.4, 0.5) is 17.3 Å². The van der Waals surface area contributed by atoms with E-state index in [2.05, 4.69) is 107 Å². The van der Waals surface area contributed by atoms with Crippen LogP contribution in [0.15, 0.2) is 110 Å². The number of para-hydroxylation sites is 2. The van der Waals surface area contributed by atoms with Gasteiger partial charge in [0.2, 0.25) is 11.4 Å². The first-order valence-corrected chi connectivity index (χ1v) is 9.38. The third-order valence-corrected chi connectivity index (χ3v) is 4.10. The number of pyridine rings is 2. The molecule has 0 radical (unpaired) electrons. The molecule has 0 aliphatic rings. The molecule has 0 atom stereocenters. The molecule has 2 heterocycles. The zero-order chi connectivity index (χ0) is 23.3. The van der Waals surface area contributed by atoms with Gasteiger partial charge < -0.3 is 27.3 Å². The molecule has 2 aromatic heterocycles. The maximum atomic E-state index is 9.78. The monoisotopic (exact) mass is 440 g/mol. The number of hydrogen-bond donors (Lipinski definition) is 0. The van der Waals surface area contributed by atoms with Crippen LogP contribution in [0.2, 0.25) is 0 Å². The van der Waals surface area contributed by atoms with Crippen LogP contribution in [0.1, 0.15) is 0 Å². The summed E-state index contributed by atoms with van der Waals surface area (Å²) in [6, 6.07) is 29.3. The molecule has 2 aromatic carbocycles. The summed E-state index contributed by atoms with van der Waals surface area (Å²) in [7, 11) is -6.83. The van der Waals surface area contributed by atoms with Gasteiger partial charge in [0, 0.05) is 48.5 Å². The molecule has 0 fully saturated rings. The molecule has 0 spiro atoms. The van der Waals surface area contributed by atoms with E-state index in [0.717, 1.165) is 0 Å². The highest BCUT2D eigenvalue weighted by molar-refractivity contribution is 6.30. The molecule has 0 bridgehead atoms. The highest BCUT2D eigenvalue weighted by Gasteiger charge is 2.08. The van der Waals surface area contributed by atoms with Crippen molar-refractivity contribution in [3.05, 3.63) is 110 Å². The second-order valence-electron chi connectivity index (χ2n) is 6.18. The minimum atomic E-state index is -3.42. The van der Waals surface area contributed by atoms with E-state index in [9.17, 15) is 17.3 Å². The fourth-order valence-corrected chi connectivity index (χ4v) is 2.78. The lowest BCUT2D eigenvalue weighted by molar-refractivity contribution is -0.596. The Kier molecular flexibility index (Phi) is 10.1. The zero-order valence-electron chi connectivity index (χ0n) is 16.8. The molecule has 0 unspecified atom stereocenters. The van der Waals surface area contributed by atoms with Crippen molar-refractivity contribution in [2.45, 2.75) is 0 Å². The Morgan fingerprint density at radius 2 is 0.719 bits per heavy atom. The average molecular weight is 440 g/mol. The van der Waals surface area contributed by atoms with Crippen LogP contribution in [0, 0.1) is 0 Å². The van der Waals surface area contributed by atoms with E-state index >= 15 is 0 Å². The molecule has 0 aliphatic heterocycles. The predicted octanol–water partition coefficient (Wildman–Crippen LogP) is 2.45. The van der Waals surface area contributed by atoms with Gasteiger partial charge in [0.1, 0.15) is 0 Å². The summed E-state index contributed by atoms with van der Waals surface area (Å²) in [4.78, 5) is 0. The van der Waals surface area contributed by atoms with Crippen LogP contribution < -0.4 is 19.2 Å². The smallest absolute Gasteiger partial charge is 0.447 e. The number of nitrogens with zero attached hydrogens (tertiary/aromatic N) is 2. The van der Waals surface area contributed by atoms with Gasteiger partial charge in [0.05, 0.1) is 0 Å². The van der Waals surface area contributed by atoms with E-state index in [1.807, 2.05) is 12.1 Å². The summed E-state index contributed by atoms with van der Waals surface area (Å²) in [5, 5.41) is 16.4. The third kappa shape index (κ3) is 8.71. The number of halogens is 4. The van der Waals surface area contributed by atoms with Gasteiger partial charge in [-0.15, -0.1) is 0 Å².